The summed E-state index contributed by atoms with van der Waals surface area (Å²) in [6.07, 6.45) is -5.11. The Morgan fingerprint density at radius 1 is 1.08 bits per heavy atom. The van der Waals surface area contributed by atoms with Crippen molar-refractivity contribution in [2.75, 3.05) is 12.4 Å². The molecule has 0 spiro atoms. The van der Waals surface area contributed by atoms with E-state index in [1.165, 1.54) is 12.1 Å². The number of alkyl halides is 3. The lowest BCUT2D eigenvalue weighted by atomic mass is 10.1. The zero-order valence-corrected chi connectivity index (χ0v) is 13.0. The minimum Gasteiger partial charge on any atom is -0.465 e. The number of rotatable bonds is 4. The standard InChI is InChI=1S/C16H12F5NO3/c1-8-5-9(17)3-4-12(8)22-13-7-14(25-16(19,20)21)11(18)6-10(13)15(23)24-2/h3-7,22H,1-2H3. The zero-order valence-electron chi connectivity index (χ0n) is 13.0. The monoisotopic (exact) mass is 361 g/mol. The maximum Gasteiger partial charge on any atom is 0.573 e. The fourth-order valence-electron chi connectivity index (χ4n) is 2.05. The van der Waals surface area contributed by atoms with Crippen LogP contribution in [0.5, 0.6) is 5.75 Å². The van der Waals surface area contributed by atoms with Crippen molar-refractivity contribution in [3.05, 3.63) is 53.1 Å². The van der Waals surface area contributed by atoms with Crippen LogP contribution in [0.4, 0.5) is 33.3 Å². The molecule has 0 aromatic heterocycles. The van der Waals surface area contributed by atoms with Crippen molar-refractivity contribution in [1.29, 1.82) is 0 Å². The van der Waals surface area contributed by atoms with Crippen molar-refractivity contribution in [3.63, 3.8) is 0 Å². The molecule has 4 nitrogen and oxygen atoms in total. The molecule has 0 fully saturated rings. The van der Waals surface area contributed by atoms with Crippen LogP contribution in [0, 0.1) is 18.6 Å². The number of hydrogen-bond acceptors (Lipinski definition) is 4. The van der Waals surface area contributed by atoms with E-state index in [1.54, 1.807) is 6.92 Å². The highest BCUT2D eigenvalue weighted by atomic mass is 19.4. The number of aryl methyl sites for hydroxylation is 1. The Balaban J connectivity index is 2.51. The molecule has 0 aliphatic carbocycles. The van der Waals surface area contributed by atoms with Crippen LogP contribution in [0.1, 0.15) is 15.9 Å². The number of nitrogens with one attached hydrogen (secondary N) is 1. The molecule has 9 heteroatoms. The molecule has 0 saturated heterocycles. The Labute approximate surface area is 139 Å². The number of methoxy groups -OCH3 is 1. The van der Waals surface area contributed by atoms with Gasteiger partial charge in [0.1, 0.15) is 5.82 Å². The number of anilines is 2. The third-order valence-electron chi connectivity index (χ3n) is 3.16. The molecule has 134 valence electrons. The summed E-state index contributed by atoms with van der Waals surface area (Å²) in [5.41, 5.74) is 0.176. The van der Waals surface area contributed by atoms with E-state index in [9.17, 15) is 26.7 Å². The second-order valence-corrected chi connectivity index (χ2v) is 4.95. The van der Waals surface area contributed by atoms with Crippen molar-refractivity contribution in [2.45, 2.75) is 13.3 Å². The summed E-state index contributed by atoms with van der Waals surface area (Å²) >= 11 is 0. The lowest BCUT2D eigenvalue weighted by Crippen LogP contribution is -2.18. The topological polar surface area (TPSA) is 47.6 Å². The Morgan fingerprint density at radius 3 is 2.32 bits per heavy atom. The number of carbonyl (C=O) groups excluding carboxylic acids is 1. The van der Waals surface area contributed by atoms with E-state index in [1.807, 2.05) is 0 Å². The third-order valence-corrected chi connectivity index (χ3v) is 3.16. The Kier molecular flexibility index (Phi) is 5.15. The van der Waals surface area contributed by atoms with Gasteiger partial charge in [-0.25, -0.2) is 13.6 Å². The van der Waals surface area contributed by atoms with Crippen LogP contribution in [0.2, 0.25) is 0 Å². The molecule has 2 aromatic carbocycles. The first-order valence-electron chi connectivity index (χ1n) is 6.81. The number of ether oxygens (including phenoxy) is 2. The molecule has 0 amide bonds. The normalized spacial score (nSPS) is 11.2. The highest BCUT2D eigenvalue weighted by molar-refractivity contribution is 5.97. The highest BCUT2D eigenvalue weighted by Gasteiger charge is 2.33. The number of esters is 1. The van der Waals surface area contributed by atoms with Gasteiger partial charge in [0.05, 0.1) is 18.4 Å². The maximum absolute atomic E-state index is 13.8. The number of hydrogen-bond donors (Lipinski definition) is 1. The van der Waals surface area contributed by atoms with Crippen LogP contribution in [-0.4, -0.2) is 19.4 Å². The van der Waals surface area contributed by atoms with Crippen LogP contribution in [0.25, 0.3) is 0 Å². The lowest BCUT2D eigenvalue weighted by molar-refractivity contribution is -0.275. The summed E-state index contributed by atoms with van der Waals surface area (Å²) < 4.78 is 72.2. The van der Waals surface area contributed by atoms with Gasteiger partial charge in [-0.1, -0.05) is 0 Å². The fourth-order valence-corrected chi connectivity index (χ4v) is 2.05. The Hall–Kier alpha value is -2.84. The van der Waals surface area contributed by atoms with E-state index in [2.05, 4.69) is 14.8 Å². The summed E-state index contributed by atoms with van der Waals surface area (Å²) in [6.45, 7) is 1.54. The maximum atomic E-state index is 13.8. The second-order valence-electron chi connectivity index (χ2n) is 4.95. The van der Waals surface area contributed by atoms with Gasteiger partial charge in [-0.3, -0.25) is 0 Å². The Bertz CT molecular complexity index is 805. The first-order chi connectivity index (χ1) is 11.6. The van der Waals surface area contributed by atoms with Gasteiger partial charge in [0.2, 0.25) is 0 Å². The van der Waals surface area contributed by atoms with Gasteiger partial charge in [-0.05, 0) is 36.8 Å². The van der Waals surface area contributed by atoms with Crippen molar-refractivity contribution < 1.29 is 36.2 Å². The van der Waals surface area contributed by atoms with Gasteiger partial charge in [0, 0.05) is 11.8 Å². The van der Waals surface area contributed by atoms with Gasteiger partial charge >= 0.3 is 12.3 Å². The van der Waals surface area contributed by atoms with Crippen LogP contribution in [0.15, 0.2) is 30.3 Å². The van der Waals surface area contributed by atoms with Crippen LogP contribution in [0.3, 0.4) is 0 Å². The van der Waals surface area contributed by atoms with Crippen LogP contribution < -0.4 is 10.1 Å². The molecule has 0 atom stereocenters. The van der Waals surface area contributed by atoms with Gasteiger partial charge in [0.25, 0.3) is 0 Å². The molecule has 25 heavy (non-hydrogen) atoms. The van der Waals surface area contributed by atoms with Crippen LogP contribution in [-0.2, 0) is 4.74 Å². The number of benzene rings is 2. The van der Waals surface area contributed by atoms with Gasteiger partial charge < -0.3 is 14.8 Å². The summed E-state index contributed by atoms with van der Waals surface area (Å²) in [5.74, 6) is -4.00. The molecule has 2 aromatic rings. The second kappa shape index (κ2) is 6.96. The molecule has 0 heterocycles. The van der Waals surface area contributed by atoms with E-state index in [0.717, 1.165) is 13.2 Å². The van der Waals surface area contributed by atoms with E-state index < -0.39 is 29.7 Å². The van der Waals surface area contributed by atoms with E-state index in [4.69, 9.17) is 0 Å². The predicted molar refractivity (Wildman–Crippen MR) is 78.8 cm³/mol. The van der Waals surface area contributed by atoms with E-state index in [0.29, 0.717) is 23.4 Å². The highest BCUT2D eigenvalue weighted by Crippen LogP contribution is 2.33. The molecular weight excluding hydrogens is 349 g/mol. The first kappa shape index (κ1) is 18.5. The van der Waals surface area contributed by atoms with Crippen molar-refractivity contribution in [1.82, 2.24) is 0 Å². The molecule has 1 N–H and O–H groups in total. The van der Waals surface area contributed by atoms with E-state index in [-0.39, 0.29) is 11.3 Å². The zero-order chi connectivity index (χ0) is 18.8. The molecule has 0 radical (unpaired) electrons. The smallest absolute Gasteiger partial charge is 0.465 e. The summed E-state index contributed by atoms with van der Waals surface area (Å²) in [4.78, 5) is 11.8. The summed E-state index contributed by atoms with van der Waals surface area (Å²) in [6, 6.07) is 4.85. The SMILES string of the molecule is COC(=O)c1cc(F)c(OC(F)(F)F)cc1Nc1ccc(F)cc1C. The molecule has 0 saturated carbocycles. The molecule has 0 unspecified atom stereocenters. The summed E-state index contributed by atoms with van der Waals surface area (Å²) in [5, 5.41) is 2.66. The largest absolute Gasteiger partial charge is 0.573 e. The quantitative estimate of drug-likeness (QED) is 0.633. The lowest BCUT2D eigenvalue weighted by Gasteiger charge is -2.16. The molecule has 0 aliphatic heterocycles. The van der Waals surface area contributed by atoms with Crippen molar-refractivity contribution in [2.24, 2.45) is 0 Å². The van der Waals surface area contributed by atoms with Gasteiger partial charge in [-0.2, -0.15) is 0 Å². The molecular formula is C16H12F5NO3. The minimum absolute atomic E-state index is 0.192. The first-order valence-corrected chi connectivity index (χ1v) is 6.81. The molecule has 0 bridgehead atoms. The van der Waals surface area contributed by atoms with Gasteiger partial charge in [0.15, 0.2) is 11.6 Å². The van der Waals surface area contributed by atoms with Gasteiger partial charge in [-0.15, -0.1) is 13.2 Å². The van der Waals surface area contributed by atoms with Crippen LogP contribution >= 0.6 is 0 Å². The van der Waals surface area contributed by atoms with E-state index >= 15 is 0 Å². The third kappa shape index (κ3) is 4.59. The number of carbonyl (C=O) groups is 1. The minimum atomic E-state index is -5.11. The number of halogens is 5. The average Bonchev–Trinajstić information content (AvgIpc) is 2.50. The predicted octanol–water partition coefficient (Wildman–Crippen LogP) is 4.70. The van der Waals surface area contributed by atoms with Crippen molar-refractivity contribution >= 4 is 17.3 Å². The molecule has 0 aliphatic rings. The molecule has 2 rings (SSSR count). The van der Waals surface area contributed by atoms with Crippen molar-refractivity contribution in [3.8, 4) is 5.75 Å². The Morgan fingerprint density at radius 2 is 1.76 bits per heavy atom. The summed E-state index contributed by atoms with van der Waals surface area (Å²) in [7, 11) is 1.04. The fraction of sp³-hybridized carbons (Fsp3) is 0.188. The average molecular weight is 361 g/mol.